The van der Waals surface area contributed by atoms with E-state index >= 15 is 0 Å². The Labute approximate surface area is 160 Å². The van der Waals surface area contributed by atoms with E-state index in [9.17, 15) is 0 Å². The van der Waals surface area contributed by atoms with Crippen molar-refractivity contribution >= 4 is 0 Å². The number of quaternary nitrogens is 2. The Morgan fingerprint density at radius 2 is 1.93 bits per heavy atom. The third-order valence-electron chi connectivity index (χ3n) is 5.81. The standard InChI is InChI=1S/C19H28N6O2/c1-3-5-16(24-10-8-23(4-2)9-11-24)19-20-21-22-25(19)13-15-6-7-17-18(12-15)27-14-26-17/h6-7,12,16H,3-5,8-11,13-14H2,1-2H3/p+2/t16-/m0/s1. The maximum absolute atomic E-state index is 5.50. The summed E-state index contributed by atoms with van der Waals surface area (Å²) in [6.45, 7) is 11.5. The van der Waals surface area contributed by atoms with Crippen LogP contribution in [0.5, 0.6) is 11.5 Å². The van der Waals surface area contributed by atoms with Crippen LogP contribution in [0, 0.1) is 0 Å². The topological polar surface area (TPSA) is 70.9 Å². The monoisotopic (exact) mass is 374 g/mol. The van der Waals surface area contributed by atoms with Gasteiger partial charge in [-0.1, -0.05) is 19.4 Å². The molecule has 1 atom stereocenters. The molecule has 8 nitrogen and oxygen atoms in total. The highest BCUT2D eigenvalue weighted by Gasteiger charge is 2.33. The number of benzene rings is 1. The highest BCUT2D eigenvalue weighted by atomic mass is 16.7. The highest BCUT2D eigenvalue weighted by molar-refractivity contribution is 5.44. The van der Waals surface area contributed by atoms with Crippen molar-refractivity contribution in [3.63, 3.8) is 0 Å². The Kier molecular flexibility index (Phi) is 5.54. The zero-order valence-electron chi connectivity index (χ0n) is 16.3. The van der Waals surface area contributed by atoms with Gasteiger partial charge in [0.25, 0.3) is 0 Å². The van der Waals surface area contributed by atoms with Gasteiger partial charge in [-0.2, -0.15) is 0 Å². The lowest BCUT2D eigenvalue weighted by molar-refractivity contribution is -1.03. The van der Waals surface area contributed by atoms with Crippen molar-refractivity contribution in [2.75, 3.05) is 39.5 Å². The molecule has 8 heteroatoms. The van der Waals surface area contributed by atoms with Gasteiger partial charge >= 0.3 is 0 Å². The molecule has 0 bridgehead atoms. The molecule has 3 heterocycles. The zero-order valence-corrected chi connectivity index (χ0v) is 16.3. The van der Waals surface area contributed by atoms with Crippen LogP contribution in [0.1, 0.15) is 44.1 Å². The first kappa shape index (κ1) is 18.2. The number of rotatable bonds is 7. The van der Waals surface area contributed by atoms with Gasteiger partial charge in [0.05, 0.1) is 13.1 Å². The van der Waals surface area contributed by atoms with E-state index in [1.807, 2.05) is 16.8 Å². The molecule has 1 aromatic heterocycles. The average molecular weight is 374 g/mol. The molecule has 0 unspecified atom stereocenters. The van der Waals surface area contributed by atoms with E-state index in [1.165, 1.54) is 32.7 Å². The second-order valence-electron chi connectivity index (χ2n) is 7.49. The summed E-state index contributed by atoms with van der Waals surface area (Å²) >= 11 is 0. The van der Waals surface area contributed by atoms with E-state index in [-0.39, 0.29) is 0 Å². The fraction of sp³-hybridized carbons (Fsp3) is 0.632. The molecular formula is C19H30N6O2+2. The third kappa shape index (κ3) is 3.91. The molecule has 2 aliphatic heterocycles. The lowest BCUT2D eigenvalue weighted by Gasteiger charge is -2.33. The van der Waals surface area contributed by atoms with Crippen molar-refractivity contribution in [2.24, 2.45) is 0 Å². The van der Waals surface area contributed by atoms with Crippen LogP contribution in [0.15, 0.2) is 18.2 Å². The number of aromatic nitrogens is 4. The van der Waals surface area contributed by atoms with Crippen molar-refractivity contribution in [1.82, 2.24) is 20.2 Å². The van der Waals surface area contributed by atoms with E-state index in [0.717, 1.165) is 35.7 Å². The number of hydrogen-bond donors (Lipinski definition) is 2. The van der Waals surface area contributed by atoms with Crippen molar-refractivity contribution in [1.29, 1.82) is 0 Å². The first-order chi connectivity index (χ1) is 13.3. The molecule has 2 aliphatic rings. The molecule has 0 aliphatic carbocycles. The summed E-state index contributed by atoms with van der Waals surface area (Å²) in [5.41, 5.74) is 1.12. The number of likely N-dealkylation sites (N-methyl/N-ethyl adjacent to an activating group) is 1. The average Bonchev–Trinajstić information content (AvgIpc) is 3.35. The fourth-order valence-corrected chi connectivity index (χ4v) is 4.22. The van der Waals surface area contributed by atoms with Gasteiger partial charge in [-0.15, -0.1) is 5.10 Å². The van der Waals surface area contributed by atoms with Gasteiger partial charge < -0.3 is 19.3 Å². The van der Waals surface area contributed by atoms with Gasteiger partial charge in [0.1, 0.15) is 32.2 Å². The van der Waals surface area contributed by atoms with Crippen molar-refractivity contribution in [3.8, 4) is 11.5 Å². The predicted octanol–water partition coefficient (Wildman–Crippen LogP) is -0.905. The van der Waals surface area contributed by atoms with Gasteiger partial charge in [0, 0.05) is 6.42 Å². The molecule has 0 amide bonds. The van der Waals surface area contributed by atoms with E-state index in [2.05, 4.69) is 35.4 Å². The molecule has 1 aromatic carbocycles. The highest BCUT2D eigenvalue weighted by Crippen LogP contribution is 2.32. The molecule has 0 spiro atoms. The number of hydrogen-bond acceptors (Lipinski definition) is 5. The lowest BCUT2D eigenvalue weighted by atomic mass is 10.1. The molecule has 27 heavy (non-hydrogen) atoms. The van der Waals surface area contributed by atoms with Gasteiger partial charge in [-0.25, -0.2) is 4.68 Å². The van der Waals surface area contributed by atoms with Crippen LogP contribution in [-0.2, 0) is 6.54 Å². The number of tetrazole rings is 1. The van der Waals surface area contributed by atoms with Gasteiger partial charge in [-0.05, 0) is 35.0 Å². The zero-order chi connectivity index (χ0) is 18.6. The summed E-state index contributed by atoms with van der Waals surface area (Å²) in [5.74, 6) is 2.61. The normalized spacial score (nSPS) is 22.7. The van der Waals surface area contributed by atoms with Gasteiger partial charge in [0.2, 0.25) is 12.6 Å². The summed E-state index contributed by atoms with van der Waals surface area (Å²) in [5, 5.41) is 12.7. The smallest absolute Gasteiger partial charge is 0.231 e. The third-order valence-corrected chi connectivity index (χ3v) is 5.81. The molecular weight excluding hydrogens is 344 g/mol. The number of nitrogens with zero attached hydrogens (tertiary/aromatic N) is 4. The minimum atomic E-state index is 0.294. The SMILES string of the molecule is CCC[C@@H](c1nnnn1Cc1ccc2c(c1)OCO2)[NH+]1CC[NH+](CC)CC1. The van der Waals surface area contributed by atoms with Crippen LogP contribution < -0.4 is 19.3 Å². The first-order valence-electron chi connectivity index (χ1n) is 10.1. The van der Waals surface area contributed by atoms with Crippen molar-refractivity contribution in [2.45, 2.75) is 39.3 Å². The van der Waals surface area contributed by atoms with Crippen LogP contribution in [0.2, 0.25) is 0 Å². The summed E-state index contributed by atoms with van der Waals surface area (Å²) in [6.07, 6.45) is 2.24. The largest absolute Gasteiger partial charge is 0.454 e. The minimum absolute atomic E-state index is 0.294. The molecule has 2 aromatic rings. The number of ether oxygens (including phenoxy) is 2. The maximum Gasteiger partial charge on any atom is 0.231 e. The number of nitrogens with one attached hydrogen (secondary N) is 2. The molecule has 4 rings (SSSR count). The van der Waals surface area contributed by atoms with Crippen LogP contribution in [0.3, 0.4) is 0 Å². The Hall–Kier alpha value is -2.19. The Morgan fingerprint density at radius 1 is 1.11 bits per heavy atom. The second-order valence-corrected chi connectivity index (χ2v) is 7.49. The summed E-state index contributed by atoms with van der Waals surface area (Å²) in [4.78, 5) is 3.32. The maximum atomic E-state index is 5.50. The lowest BCUT2D eigenvalue weighted by Crippen LogP contribution is -3.28. The second kappa shape index (κ2) is 8.22. The van der Waals surface area contributed by atoms with E-state index in [0.29, 0.717) is 19.4 Å². The molecule has 1 fully saturated rings. The van der Waals surface area contributed by atoms with E-state index in [1.54, 1.807) is 9.80 Å². The van der Waals surface area contributed by atoms with Crippen LogP contribution in [-0.4, -0.2) is 59.7 Å². The Bertz CT molecular complexity index is 756. The summed E-state index contributed by atoms with van der Waals surface area (Å²) in [7, 11) is 0. The van der Waals surface area contributed by atoms with Crippen molar-refractivity contribution < 1.29 is 19.3 Å². The minimum Gasteiger partial charge on any atom is -0.454 e. The molecule has 0 radical (unpaired) electrons. The molecule has 0 saturated carbocycles. The van der Waals surface area contributed by atoms with E-state index < -0.39 is 0 Å². The Morgan fingerprint density at radius 3 is 2.70 bits per heavy atom. The quantitative estimate of drug-likeness (QED) is 0.657. The summed E-state index contributed by atoms with van der Waals surface area (Å²) in [6, 6.07) is 6.41. The number of fused-ring (bicyclic) bond motifs is 1. The Balaban J connectivity index is 1.52. The van der Waals surface area contributed by atoms with Gasteiger partial charge in [-0.3, -0.25) is 0 Å². The fourth-order valence-electron chi connectivity index (χ4n) is 4.22. The van der Waals surface area contributed by atoms with Crippen LogP contribution in [0.4, 0.5) is 0 Å². The van der Waals surface area contributed by atoms with Crippen molar-refractivity contribution in [3.05, 3.63) is 29.6 Å². The first-order valence-corrected chi connectivity index (χ1v) is 10.1. The summed E-state index contributed by atoms with van der Waals surface area (Å²) < 4.78 is 12.9. The van der Waals surface area contributed by atoms with Gasteiger partial charge in [0.15, 0.2) is 11.5 Å². The predicted molar refractivity (Wildman–Crippen MR) is 99.1 cm³/mol. The van der Waals surface area contributed by atoms with E-state index in [4.69, 9.17) is 9.47 Å². The molecule has 146 valence electrons. The molecule has 1 saturated heterocycles. The van der Waals surface area contributed by atoms with Crippen LogP contribution >= 0.6 is 0 Å². The van der Waals surface area contributed by atoms with Crippen LogP contribution in [0.25, 0.3) is 0 Å². The number of piperazine rings is 1. The molecule has 2 N–H and O–H groups in total.